The molecule has 0 N–H and O–H groups in total. The summed E-state index contributed by atoms with van der Waals surface area (Å²) < 4.78 is 5.61. The van der Waals surface area contributed by atoms with Crippen molar-refractivity contribution in [2.24, 2.45) is 0 Å². The van der Waals surface area contributed by atoms with E-state index in [1.807, 2.05) is 35.2 Å². The molecule has 0 radical (unpaired) electrons. The Morgan fingerprint density at radius 1 is 1.08 bits per heavy atom. The molecule has 0 atom stereocenters. The van der Waals surface area contributed by atoms with Gasteiger partial charge in [0.15, 0.2) is 12.4 Å². The Balaban J connectivity index is 1.62. The van der Waals surface area contributed by atoms with Crippen LogP contribution in [0.1, 0.15) is 35.7 Å². The molecule has 4 nitrogen and oxygen atoms in total. The molecule has 0 saturated heterocycles. The molecule has 0 bridgehead atoms. The predicted octanol–water partition coefficient (Wildman–Crippen LogP) is 3.46. The van der Waals surface area contributed by atoms with Gasteiger partial charge in [-0.25, -0.2) is 0 Å². The first-order valence-electron chi connectivity index (χ1n) is 8.20. The summed E-state index contributed by atoms with van der Waals surface area (Å²) in [5.41, 5.74) is 1.71. The molecule has 0 spiro atoms. The maximum atomic E-state index is 12.6. The molecular formula is C20H21NO3. The molecule has 1 fully saturated rings. The van der Waals surface area contributed by atoms with Gasteiger partial charge in [-0.05, 0) is 37.5 Å². The predicted molar refractivity (Wildman–Crippen MR) is 92.0 cm³/mol. The van der Waals surface area contributed by atoms with Crippen LogP contribution in [0, 0.1) is 0 Å². The molecule has 0 heterocycles. The average molecular weight is 323 g/mol. The number of ketones is 1. The zero-order chi connectivity index (χ0) is 16.9. The number of rotatable bonds is 7. The number of ether oxygens (including phenoxy) is 1. The number of carbonyl (C=O) groups excluding carboxylic acids is 2. The van der Waals surface area contributed by atoms with Gasteiger partial charge in [0.2, 0.25) is 0 Å². The van der Waals surface area contributed by atoms with Gasteiger partial charge < -0.3 is 9.64 Å². The fourth-order valence-electron chi connectivity index (χ4n) is 2.62. The summed E-state index contributed by atoms with van der Waals surface area (Å²) in [4.78, 5) is 25.9. The van der Waals surface area contributed by atoms with Gasteiger partial charge in [0.05, 0.1) is 0 Å². The molecule has 0 aliphatic heterocycles. The van der Waals surface area contributed by atoms with Crippen molar-refractivity contribution in [2.75, 3.05) is 6.61 Å². The van der Waals surface area contributed by atoms with Crippen LogP contribution in [0.5, 0.6) is 5.75 Å². The summed E-state index contributed by atoms with van der Waals surface area (Å²) in [6.07, 6.45) is 2.11. The highest BCUT2D eigenvalue weighted by atomic mass is 16.5. The molecule has 1 aliphatic carbocycles. The van der Waals surface area contributed by atoms with Crippen molar-refractivity contribution < 1.29 is 14.3 Å². The Bertz CT molecular complexity index is 723. The number of carbonyl (C=O) groups is 2. The van der Waals surface area contributed by atoms with Crippen molar-refractivity contribution in [3.63, 3.8) is 0 Å². The van der Waals surface area contributed by atoms with Crippen LogP contribution >= 0.6 is 0 Å². The minimum atomic E-state index is -0.0189. The van der Waals surface area contributed by atoms with E-state index in [1.165, 1.54) is 6.92 Å². The highest BCUT2D eigenvalue weighted by molar-refractivity contribution is 5.94. The molecule has 4 heteroatoms. The van der Waals surface area contributed by atoms with Crippen LogP contribution in [0.25, 0.3) is 0 Å². The standard InChI is InChI=1S/C20H21NO3/c1-15(22)17-8-5-9-19(12-17)24-14-20(23)21(18-10-11-18)13-16-6-3-2-4-7-16/h2-9,12,18H,10-11,13-14H2,1H3. The average Bonchev–Trinajstić information content (AvgIpc) is 3.43. The Morgan fingerprint density at radius 2 is 1.83 bits per heavy atom. The summed E-state index contributed by atoms with van der Waals surface area (Å²) in [5.74, 6) is 0.511. The lowest BCUT2D eigenvalue weighted by Crippen LogP contribution is -2.36. The first-order valence-corrected chi connectivity index (χ1v) is 8.20. The van der Waals surface area contributed by atoms with E-state index in [0.29, 0.717) is 23.9 Å². The van der Waals surface area contributed by atoms with Crippen LogP contribution in [-0.4, -0.2) is 29.2 Å². The van der Waals surface area contributed by atoms with Gasteiger partial charge in [-0.15, -0.1) is 0 Å². The largest absolute Gasteiger partial charge is 0.484 e. The second-order valence-corrected chi connectivity index (χ2v) is 6.11. The fraction of sp³-hybridized carbons (Fsp3) is 0.300. The number of amides is 1. The van der Waals surface area contributed by atoms with Gasteiger partial charge in [0.25, 0.3) is 5.91 Å². The van der Waals surface area contributed by atoms with Crippen LogP contribution in [0.15, 0.2) is 54.6 Å². The normalized spacial score (nSPS) is 13.4. The number of nitrogens with zero attached hydrogens (tertiary/aromatic N) is 1. The smallest absolute Gasteiger partial charge is 0.261 e. The van der Waals surface area contributed by atoms with Gasteiger partial charge in [0, 0.05) is 18.2 Å². The number of hydrogen-bond donors (Lipinski definition) is 0. The van der Waals surface area contributed by atoms with Crippen LogP contribution in [0.3, 0.4) is 0 Å². The zero-order valence-electron chi connectivity index (χ0n) is 13.8. The molecule has 0 unspecified atom stereocenters. The highest BCUT2D eigenvalue weighted by Gasteiger charge is 2.32. The molecule has 2 aromatic rings. The van der Waals surface area contributed by atoms with Crippen LogP contribution in [0.2, 0.25) is 0 Å². The Morgan fingerprint density at radius 3 is 2.50 bits per heavy atom. The lowest BCUT2D eigenvalue weighted by Gasteiger charge is -2.22. The van der Waals surface area contributed by atoms with Crippen molar-refractivity contribution >= 4 is 11.7 Å². The van der Waals surface area contributed by atoms with E-state index < -0.39 is 0 Å². The lowest BCUT2D eigenvalue weighted by molar-refractivity contribution is -0.134. The van der Waals surface area contributed by atoms with E-state index in [2.05, 4.69) is 0 Å². The summed E-state index contributed by atoms with van der Waals surface area (Å²) >= 11 is 0. The van der Waals surface area contributed by atoms with Crippen molar-refractivity contribution in [1.29, 1.82) is 0 Å². The van der Waals surface area contributed by atoms with E-state index in [9.17, 15) is 9.59 Å². The maximum Gasteiger partial charge on any atom is 0.261 e. The van der Waals surface area contributed by atoms with Crippen molar-refractivity contribution in [1.82, 2.24) is 4.90 Å². The molecule has 0 aromatic heterocycles. The van der Waals surface area contributed by atoms with Crippen molar-refractivity contribution in [3.05, 3.63) is 65.7 Å². The van der Waals surface area contributed by atoms with Gasteiger partial charge in [-0.3, -0.25) is 9.59 Å². The molecule has 1 amide bonds. The number of benzene rings is 2. The van der Waals surface area contributed by atoms with E-state index in [0.717, 1.165) is 18.4 Å². The van der Waals surface area contributed by atoms with Crippen LogP contribution in [0.4, 0.5) is 0 Å². The molecule has 2 aromatic carbocycles. The molecule has 1 saturated carbocycles. The van der Waals surface area contributed by atoms with Crippen LogP contribution in [-0.2, 0) is 11.3 Å². The van der Waals surface area contributed by atoms with Crippen LogP contribution < -0.4 is 4.74 Å². The first kappa shape index (κ1) is 16.2. The van der Waals surface area contributed by atoms with E-state index in [-0.39, 0.29) is 18.3 Å². The van der Waals surface area contributed by atoms with E-state index in [1.54, 1.807) is 24.3 Å². The SMILES string of the molecule is CC(=O)c1cccc(OCC(=O)N(Cc2ccccc2)C2CC2)c1. The maximum absolute atomic E-state index is 12.6. The summed E-state index contributed by atoms with van der Waals surface area (Å²) in [7, 11) is 0. The van der Waals surface area contributed by atoms with Crippen molar-refractivity contribution in [3.8, 4) is 5.75 Å². The lowest BCUT2D eigenvalue weighted by atomic mass is 10.1. The minimum Gasteiger partial charge on any atom is -0.484 e. The summed E-state index contributed by atoms with van der Waals surface area (Å²) in [5, 5.41) is 0. The minimum absolute atomic E-state index is 0.00923. The number of Topliss-reactive ketones (excluding diaryl/α,β-unsaturated/α-hetero) is 1. The zero-order valence-corrected chi connectivity index (χ0v) is 13.8. The Labute approximate surface area is 142 Å². The second kappa shape index (κ2) is 7.30. The monoisotopic (exact) mass is 323 g/mol. The van der Waals surface area contributed by atoms with E-state index >= 15 is 0 Å². The number of hydrogen-bond acceptors (Lipinski definition) is 3. The molecule has 3 rings (SSSR count). The van der Waals surface area contributed by atoms with Gasteiger partial charge in [0.1, 0.15) is 5.75 Å². The van der Waals surface area contributed by atoms with Gasteiger partial charge >= 0.3 is 0 Å². The second-order valence-electron chi connectivity index (χ2n) is 6.11. The Kier molecular flexibility index (Phi) is 4.94. The quantitative estimate of drug-likeness (QED) is 0.733. The first-order chi connectivity index (χ1) is 11.6. The van der Waals surface area contributed by atoms with E-state index in [4.69, 9.17) is 4.74 Å². The summed E-state index contributed by atoms with van der Waals surface area (Å²) in [6, 6.07) is 17.3. The molecule has 1 aliphatic rings. The third kappa shape index (κ3) is 4.22. The van der Waals surface area contributed by atoms with Gasteiger partial charge in [-0.1, -0.05) is 42.5 Å². The summed E-state index contributed by atoms with van der Waals surface area (Å²) in [6.45, 7) is 2.12. The molecule has 124 valence electrons. The third-order valence-corrected chi connectivity index (χ3v) is 4.11. The third-order valence-electron chi connectivity index (χ3n) is 4.11. The highest BCUT2D eigenvalue weighted by Crippen LogP contribution is 2.28. The fourth-order valence-corrected chi connectivity index (χ4v) is 2.62. The molecule has 24 heavy (non-hydrogen) atoms. The molecular weight excluding hydrogens is 302 g/mol. The topological polar surface area (TPSA) is 46.6 Å². The van der Waals surface area contributed by atoms with Gasteiger partial charge in [-0.2, -0.15) is 0 Å². The van der Waals surface area contributed by atoms with Crippen molar-refractivity contribution in [2.45, 2.75) is 32.4 Å². The Hall–Kier alpha value is -2.62.